The summed E-state index contributed by atoms with van der Waals surface area (Å²) in [7, 11) is 0. The number of anilines is 1. The topological polar surface area (TPSA) is 54.7 Å². The van der Waals surface area contributed by atoms with Crippen molar-refractivity contribution in [1.82, 2.24) is 9.97 Å². The van der Waals surface area contributed by atoms with Gasteiger partial charge in [-0.3, -0.25) is 0 Å². The van der Waals surface area contributed by atoms with Crippen LogP contribution < -0.4 is 5.73 Å². The molecule has 0 aromatic carbocycles. The van der Waals surface area contributed by atoms with Crippen molar-refractivity contribution in [3.05, 3.63) is 11.5 Å². The molecule has 3 nitrogen and oxygen atoms in total. The van der Waals surface area contributed by atoms with Gasteiger partial charge in [0.15, 0.2) is 0 Å². The van der Waals surface area contributed by atoms with Gasteiger partial charge in [-0.05, 0) is 19.8 Å². The average Bonchev–Trinajstić information content (AvgIpc) is 2.47. The maximum Gasteiger partial charge on any atom is 0.145 e. The van der Waals surface area contributed by atoms with Crippen molar-refractivity contribution >= 4 is 5.82 Å². The van der Waals surface area contributed by atoms with Crippen LogP contribution in [-0.4, -0.2) is 9.97 Å². The Hall–Kier alpha value is -0.990. The molecule has 13 heavy (non-hydrogen) atoms. The van der Waals surface area contributed by atoms with Crippen LogP contribution in [0.25, 0.3) is 0 Å². The third-order valence-corrected chi connectivity index (χ3v) is 2.89. The fourth-order valence-corrected chi connectivity index (χ4v) is 2.23. The monoisotopic (exact) mass is 179 g/mol. The van der Waals surface area contributed by atoms with Crippen LogP contribution in [0.15, 0.2) is 0 Å². The second-order valence-corrected chi connectivity index (χ2v) is 3.96. The Balaban J connectivity index is 2.18. The Morgan fingerprint density at radius 3 is 2.54 bits per heavy atom. The lowest BCUT2D eigenvalue weighted by atomic mass is 9.87. The zero-order valence-corrected chi connectivity index (χ0v) is 8.14. The summed E-state index contributed by atoms with van der Waals surface area (Å²) >= 11 is 0. The van der Waals surface area contributed by atoms with Gasteiger partial charge in [-0.1, -0.05) is 19.3 Å². The summed E-state index contributed by atoms with van der Waals surface area (Å²) in [5.41, 5.74) is 7.01. The summed E-state index contributed by atoms with van der Waals surface area (Å²) in [6.07, 6.45) is 6.59. The van der Waals surface area contributed by atoms with Gasteiger partial charge >= 0.3 is 0 Å². The zero-order chi connectivity index (χ0) is 9.26. The molecule has 0 radical (unpaired) electrons. The van der Waals surface area contributed by atoms with E-state index in [-0.39, 0.29) is 0 Å². The van der Waals surface area contributed by atoms with E-state index in [1.807, 2.05) is 6.92 Å². The first-order valence-corrected chi connectivity index (χ1v) is 5.09. The van der Waals surface area contributed by atoms with Crippen molar-refractivity contribution in [3.8, 4) is 0 Å². The number of rotatable bonds is 1. The van der Waals surface area contributed by atoms with Gasteiger partial charge in [0.05, 0.1) is 5.69 Å². The quantitative estimate of drug-likeness (QED) is 0.695. The molecule has 1 heterocycles. The Labute approximate surface area is 78.7 Å². The maximum atomic E-state index is 5.83. The Morgan fingerprint density at radius 1 is 1.31 bits per heavy atom. The van der Waals surface area contributed by atoms with Gasteiger partial charge < -0.3 is 10.7 Å². The van der Waals surface area contributed by atoms with Crippen molar-refractivity contribution in [2.75, 3.05) is 5.73 Å². The first-order valence-electron chi connectivity index (χ1n) is 5.09. The summed E-state index contributed by atoms with van der Waals surface area (Å²) in [5, 5.41) is 0. The zero-order valence-electron chi connectivity index (χ0n) is 8.14. The number of hydrogen-bond acceptors (Lipinski definition) is 2. The van der Waals surface area contributed by atoms with Gasteiger partial charge in [-0.2, -0.15) is 0 Å². The Bertz CT molecular complexity index is 284. The largest absolute Gasteiger partial charge is 0.382 e. The number of H-pyrrole nitrogens is 1. The van der Waals surface area contributed by atoms with Gasteiger partial charge in [0.1, 0.15) is 11.6 Å². The van der Waals surface area contributed by atoms with E-state index in [1.165, 1.54) is 37.8 Å². The van der Waals surface area contributed by atoms with E-state index in [1.54, 1.807) is 0 Å². The van der Waals surface area contributed by atoms with E-state index in [0.29, 0.717) is 11.7 Å². The third kappa shape index (κ3) is 1.69. The fourth-order valence-electron chi connectivity index (χ4n) is 2.23. The number of aromatic amines is 1. The van der Waals surface area contributed by atoms with Gasteiger partial charge in [-0.25, -0.2) is 4.98 Å². The van der Waals surface area contributed by atoms with E-state index in [9.17, 15) is 0 Å². The Kier molecular flexibility index (Phi) is 2.25. The minimum absolute atomic E-state index is 0.634. The highest BCUT2D eigenvalue weighted by Gasteiger charge is 2.19. The molecule has 3 heteroatoms. The molecule has 0 aliphatic heterocycles. The number of aromatic nitrogens is 2. The summed E-state index contributed by atoms with van der Waals surface area (Å²) < 4.78 is 0. The molecule has 1 fully saturated rings. The van der Waals surface area contributed by atoms with Crippen LogP contribution in [0.1, 0.15) is 49.5 Å². The van der Waals surface area contributed by atoms with Crippen molar-refractivity contribution < 1.29 is 0 Å². The van der Waals surface area contributed by atoms with E-state index in [4.69, 9.17) is 5.73 Å². The molecule has 1 aliphatic rings. The lowest BCUT2D eigenvalue weighted by Crippen LogP contribution is -2.07. The smallest absolute Gasteiger partial charge is 0.145 e. The molecule has 1 aromatic rings. The normalized spacial score (nSPS) is 19.2. The molecule has 1 aromatic heterocycles. The van der Waals surface area contributed by atoms with Gasteiger partial charge in [-0.15, -0.1) is 0 Å². The number of nitrogens with two attached hydrogens (primary N) is 1. The number of aryl methyl sites for hydroxylation is 1. The van der Waals surface area contributed by atoms with Crippen molar-refractivity contribution in [3.63, 3.8) is 0 Å². The molecular formula is C10H17N3. The van der Waals surface area contributed by atoms with E-state index in [0.717, 1.165) is 5.82 Å². The van der Waals surface area contributed by atoms with E-state index < -0.39 is 0 Å². The number of nitrogens with zero attached hydrogens (tertiary/aromatic N) is 1. The molecule has 0 amide bonds. The molecular weight excluding hydrogens is 162 g/mol. The third-order valence-electron chi connectivity index (χ3n) is 2.89. The highest BCUT2D eigenvalue weighted by atomic mass is 15.0. The lowest BCUT2D eigenvalue weighted by Gasteiger charge is -2.20. The first kappa shape index (κ1) is 8.60. The summed E-state index contributed by atoms with van der Waals surface area (Å²) in [6, 6.07) is 0. The van der Waals surface area contributed by atoms with E-state index in [2.05, 4.69) is 9.97 Å². The summed E-state index contributed by atoms with van der Waals surface area (Å²) in [5.74, 6) is 2.29. The SMILES string of the molecule is Cc1nc(N)c(C2CCCCC2)[nH]1. The second-order valence-electron chi connectivity index (χ2n) is 3.96. The molecule has 0 saturated heterocycles. The highest BCUT2D eigenvalue weighted by molar-refractivity contribution is 5.38. The van der Waals surface area contributed by atoms with E-state index >= 15 is 0 Å². The van der Waals surface area contributed by atoms with Crippen LogP contribution in [0.5, 0.6) is 0 Å². The van der Waals surface area contributed by atoms with Gasteiger partial charge in [0.25, 0.3) is 0 Å². The van der Waals surface area contributed by atoms with Gasteiger partial charge in [0.2, 0.25) is 0 Å². The number of imidazole rings is 1. The predicted octanol–water partition coefficient (Wildman–Crippen LogP) is 2.35. The Morgan fingerprint density at radius 2 is 2.00 bits per heavy atom. The van der Waals surface area contributed by atoms with Crippen molar-refractivity contribution in [2.24, 2.45) is 0 Å². The van der Waals surface area contributed by atoms with Crippen LogP contribution in [0.2, 0.25) is 0 Å². The molecule has 0 unspecified atom stereocenters. The highest BCUT2D eigenvalue weighted by Crippen LogP contribution is 2.33. The summed E-state index contributed by atoms with van der Waals surface area (Å²) in [4.78, 5) is 7.49. The number of nitrogen functional groups attached to an aromatic ring is 1. The van der Waals surface area contributed by atoms with Crippen molar-refractivity contribution in [1.29, 1.82) is 0 Å². The standard InChI is InChI=1S/C10H17N3/c1-7-12-9(10(11)13-7)8-5-3-2-4-6-8/h8H,2-6,11H2,1H3,(H,12,13). The number of hydrogen-bond donors (Lipinski definition) is 2. The van der Waals surface area contributed by atoms with Crippen LogP contribution in [0.3, 0.4) is 0 Å². The molecule has 0 atom stereocenters. The summed E-state index contributed by atoms with van der Waals surface area (Å²) in [6.45, 7) is 1.96. The molecule has 72 valence electrons. The first-order chi connectivity index (χ1) is 6.27. The molecule has 1 saturated carbocycles. The average molecular weight is 179 g/mol. The fraction of sp³-hybridized carbons (Fsp3) is 0.700. The minimum Gasteiger partial charge on any atom is -0.382 e. The molecule has 3 N–H and O–H groups in total. The lowest BCUT2D eigenvalue weighted by molar-refractivity contribution is 0.438. The second kappa shape index (κ2) is 3.40. The van der Waals surface area contributed by atoms with Crippen LogP contribution in [0.4, 0.5) is 5.82 Å². The minimum atomic E-state index is 0.634. The number of nitrogens with one attached hydrogen (secondary N) is 1. The maximum absolute atomic E-state index is 5.83. The molecule has 0 spiro atoms. The molecule has 1 aliphatic carbocycles. The molecule has 2 rings (SSSR count). The van der Waals surface area contributed by atoms with Crippen LogP contribution in [0, 0.1) is 6.92 Å². The van der Waals surface area contributed by atoms with Crippen LogP contribution >= 0.6 is 0 Å². The van der Waals surface area contributed by atoms with Crippen molar-refractivity contribution in [2.45, 2.75) is 44.9 Å². The molecule has 0 bridgehead atoms. The van der Waals surface area contributed by atoms with Gasteiger partial charge in [0, 0.05) is 5.92 Å². The van der Waals surface area contributed by atoms with Crippen LogP contribution in [-0.2, 0) is 0 Å². The predicted molar refractivity (Wildman–Crippen MR) is 53.6 cm³/mol.